The summed E-state index contributed by atoms with van der Waals surface area (Å²) in [5.41, 5.74) is 4.09. The molecule has 1 fully saturated rings. The van der Waals surface area contributed by atoms with Crippen molar-refractivity contribution < 1.29 is 4.79 Å². The Hall–Kier alpha value is -2.41. The molecule has 1 saturated carbocycles. The Kier molecular flexibility index (Phi) is 4.87. The maximum atomic E-state index is 12.9. The van der Waals surface area contributed by atoms with Gasteiger partial charge in [-0.3, -0.25) is 4.79 Å². The Morgan fingerprint density at radius 1 is 0.826 bits per heavy atom. The summed E-state index contributed by atoms with van der Waals surface area (Å²) < 4.78 is 0. The molecular formula is C22H22O. The minimum Gasteiger partial charge on any atom is -0.289 e. The van der Waals surface area contributed by atoms with Crippen LogP contribution in [-0.4, -0.2) is 5.78 Å². The van der Waals surface area contributed by atoms with Crippen LogP contribution in [0.4, 0.5) is 0 Å². The standard InChI is InChI=1S/C22H22O/c1-2-17-13-20(15-18-9-5-3-6-10-18)22(23)21(14-17)16-19-11-7-4-8-12-19/h3-12,15-17H,2,13-14H2,1H3. The maximum absolute atomic E-state index is 12.9. The third-order valence-electron chi connectivity index (χ3n) is 4.46. The SMILES string of the molecule is CCC1CC(=Cc2ccccc2)C(=O)C(=Cc2ccccc2)C1. The third kappa shape index (κ3) is 3.87. The van der Waals surface area contributed by atoms with Crippen molar-refractivity contribution in [2.45, 2.75) is 26.2 Å². The fourth-order valence-corrected chi connectivity index (χ4v) is 3.12. The number of Topliss-reactive ketones (excluding diaryl/α,β-unsaturated/α-hetero) is 1. The van der Waals surface area contributed by atoms with Crippen LogP contribution >= 0.6 is 0 Å². The van der Waals surface area contributed by atoms with Crippen molar-refractivity contribution in [1.29, 1.82) is 0 Å². The molecule has 23 heavy (non-hydrogen) atoms. The Balaban J connectivity index is 1.94. The van der Waals surface area contributed by atoms with Crippen LogP contribution in [0.15, 0.2) is 71.8 Å². The summed E-state index contributed by atoms with van der Waals surface area (Å²) in [6.07, 6.45) is 6.99. The van der Waals surface area contributed by atoms with Gasteiger partial charge in [0.25, 0.3) is 0 Å². The van der Waals surface area contributed by atoms with E-state index in [1.54, 1.807) is 0 Å². The molecule has 0 radical (unpaired) electrons. The lowest BCUT2D eigenvalue weighted by Crippen LogP contribution is -2.19. The first-order valence-electron chi connectivity index (χ1n) is 8.32. The van der Waals surface area contributed by atoms with Gasteiger partial charge in [-0.15, -0.1) is 0 Å². The van der Waals surface area contributed by atoms with Gasteiger partial charge < -0.3 is 0 Å². The molecule has 1 nitrogen and oxygen atoms in total. The van der Waals surface area contributed by atoms with E-state index in [0.29, 0.717) is 5.92 Å². The lowest BCUT2D eigenvalue weighted by atomic mass is 9.79. The number of carbonyl (C=O) groups excluding carboxylic acids is 1. The monoisotopic (exact) mass is 302 g/mol. The molecule has 3 rings (SSSR count). The number of hydrogen-bond acceptors (Lipinski definition) is 1. The van der Waals surface area contributed by atoms with E-state index in [4.69, 9.17) is 0 Å². The van der Waals surface area contributed by atoms with Gasteiger partial charge in [-0.2, -0.15) is 0 Å². The second-order valence-electron chi connectivity index (χ2n) is 6.17. The van der Waals surface area contributed by atoms with E-state index >= 15 is 0 Å². The number of allylic oxidation sites excluding steroid dienone is 2. The third-order valence-corrected chi connectivity index (χ3v) is 4.46. The van der Waals surface area contributed by atoms with Crippen LogP contribution in [0.1, 0.15) is 37.3 Å². The topological polar surface area (TPSA) is 17.1 Å². The van der Waals surface area contributed by atoms with Crippen LogP contribution in [0.25, 0.3) is 12.2 Å². The molecule has 0 saturated heterocycles. The lowest BCUT2D eigenvalue weighted by Gasteiger charge is -2.24. The van der Waals surface area contributed by atoms with Crippen molar-refractivity contribution in [1.82, 2.24) is 0 Å². The van der Waals surface area contributed by atoms with E-state index in [1.165, 1.54) is 0 Å². The number of hydrogen-bond donors (Lipinski definition) is 0. The van der Waals surface area contributed by atoms with Gasteiger partial charge in [0.1, 0.15) is 0 Å². The molecular weight excluding hydrogens is 280 g/mol. The molecule has 0 heterocycles. The second kappa shape index (κ2) is 7.23. The Morgan fingerprint density at radius 3 is 1.65 bits per heavy atom. The van der Waals surface area contributed by atoms with Crippen LogP contribution in [0.3, 0.4) is 0 Å². The largest absolute Gasteiger partial charge is 0.289 e. The highest BCUT2D eigenvalue weighted by Gasteiger charge is 2.26. The molecule has 1 aliphatic carbocycles. The number of ketones is 1. The van der Waals surface area contributed by atoms with E-state index in [2.05, 4.69) is 43.3 Å². The summed E-state index contributed by atoms with van der Waals surface area (Å²) in [6, 6.07) is 20.3. The van der Waals surface area contributed by atoms with Crippen molar-refractivity contribution in [2.75, 3.05) is 0 Å². The molecule has 0 spiro atoms. The molecule has 1 heteroatoms. The highest BCUT2D eigenvalue weighted by Crippen LogP contribution is 2.34. The Bertz CT molecular complexity index is 662. The van der Waals surface area contributed by atoms with E-state index in [0.717, 1.165) is 41.5 Å². The smallest absolute Gasteiger partial charge is 0.185 e. The van der Waals surface area contributed by atoms with Gasteiger partial charge in [-0.25, -0.2) is 0 Å². The van der Waals surface area contributed by atoms with Crippen molar-refractivity contribution in [3.63, 3.8) is 0 Å². The number of rotatable bonds is 3. The molecule has 0 N–H and O–H groups in total. The highest BCUT2D eigenvalue weighted by atomic mass is 16.1. The first kappa shape index (κ1) is 15.5. The normalized spacial score (nSPS) is 21.8. The molecule has 116 valence electrons. The summed E-state index contributed by atoms with van der Waals surface area (Å²) in [4.78, 5) is 12.9. The molecule has 0 atom stereocenters. The molecule has 1 aliphatic rings. The fourth-order valence-electron chi connectivity index (χ4n) is 3.12. The molecule has 0 amide bonds. The summed E-state index contributed by atoms with van der Waals surface area (Å²) >= 11 is 0. The van der Waals surface area contributed by atoms with E-state index < -0.39 is 0 Å². The summed E-state index contributed by atoms with van der Waals surface area (Å²) in [7, 11) is 0. The van der Waals surface area contributed by atoms with Gasteiger partial charge in [0, 0.05) is 11.1 Å². The highest BCUT2D eigenvalue weighted by molar-refractivity contribution is 6.14. The minimum absolute atomic E-state index is 0.211. The lowest BCUT2D eigenvalue weighted by molar-refractivity contribution is -0.113. The molecule has 0 aromatic heterocycles. The van der Waals surface area contributed by atoms with Crippen molar-refractivity contribution in [3.8, 4) is 0 Å². The summed E-state index contributed by atoms with van der Waals surface area (Å²) in [5.74, 6) is 0.764. The summed E-state index contributed by atoms with van der Waals surface area (Å²) in [5, 5.41) is 0. The van der Waals surface area contributed by atoms with Gasteiger partial charge in [0.05, 0.1) is 0 Å². The van der Waals surface area contributed by atoms with Crippen molar-refractivity contribution >= 4 is 17.9 Å². The van der Waals surface area contributed by atoms with E-state index in [1.807, 2.05) is 36.4 Å². The average molecular weight is 302 g/mol. The average Bonchev–Trinajstić information content (AvgIpc) is 2.60. The van der Waals surface area contributed by atoms with Crippen LogP contribution in [0.2, 0.25) is 0 Å². The van der Waals surface area contributed by atoms with Crippen LogP contribution in [0.5, 0.6) is 0 Å². The van der Waals surface area contributed by atoms with Crippen LogP contribution in [0, 0.1) is 5.92 Å². The number of carbonyl (C=O) groups is 1. The molecule has 2 aromatic carbocycles. The molecule has 2 aromatic rings. The van der Waals surface area contributed by atoms with Crippen LogP contribution < -0.4 is 0 Å². The Morgan fingerprint density at radius 2 is 1.26 bits per heavy atom. The first-order chi connectivity index (χ1) is 11.3. The predicted molar refractivity (Wildman–Crippen MR) is 96.9 cm³/mol. The zero-order valence-corrected chi connectivity index (χ0v) is 13.5. The molecule has 0 bridgehead atoms. The minimum atomic E-state index is 0.211. The summed E-state index contributed by atoms with van der Waals surface area (Å²) in [6.45, 7) is 2.21. The zero-order chi connectivity index (χ0) is 16.1. The Labute approximate surface area is 138 Å². The van der Waals surface area contributed by atoms with Gasteiger partial charge in [-0.1, -0.05) is 74.0 Å². The van der Waals surface area contributed by atoms with E-state index in [-0.39, 0.29) is 5.78 Å². The maximum Gasteiger partial charge on any atom is 0.185 e. The number of benzene rings is 2. The first-order valence-corrected chi connectivity index (χ1v) is 8.32. The molecule has 0 aliphatic heterocycles. The van der Waals surface area contributed by atoms with Gasteiger partial charge in [-0.05, 0) is 42.0 Å². The van der Waals surface area contributed by atoms with Crippen molar-refractivity contribution in [3.05, 3.63) is 82.9 Å². The van der Waals surface area contributed by atoms with Gasteiger partial charge in [0.15, 0.2) is 5.78 Å². The van der Waals surface area contributed by atoms with Crippen molar-refractivity contribution in [2.24, 2.45) is 5.92 Å². The second-order valence-corrected chi connectivity index (χ2v) is 6.17. The van der Waals surface area contributed by atoms with Gasteiger partial charge >= 0.3 is 0 Å². The van der Waals surface area contributed by atoms with E-state index in [9.17, 15) is 4.79 Å². The van der Waals surface area contributed by atoms with Gasteiger partial charge in [0.2, 0.25) is 0 Å². The van der Waals surface area contributed by atoms with Crippen LogP contribution in [-0.2, 0) is 4.79 Å². The predicted octanol–water partition coefficient (Wildman–Crippen LogP) is 5.54. The zero-order valence-electron chi connectivity index (χ0n) is 13.5. The quantitative estimate of drug-likeness (QED) is 0.680. The fraction of sp³-hybridized carbons (Fsp3) is 0.227. The molecule has 0 unspecified atom stereocenters.